The molecular formula is C17H15N3O2. The summed E-state index contributed by atoms with van der Waals surface area (Å²) in [5.74, 6) is -0.404. The Morgan fingerprint density at radius 3 is 2.41 bits per heavy atom. The molecule has 0 N–H and O–H groups in total. The van der Waals surface area contributed by atoms with Gasteiger partial charge in [-0.1, -0.05) is 30.3 Å². The van der Waals surface area contributed by atoms with Crippen molar-refractivity contribution in [1.82, 2.24) is 14.8 Å². The quantitative estimate of drug-likeness (QED) is 0.694. The third-order valence-corrected chi connectivity index (χ3v) is 3.28. The van der Waals surface area contributed by atoms with Gasteiger partial charge < -0.3 is 4.74 Å². The van der Waals surface area contributed by atoms with E-state index in [1.165, 1.54) is 6.20 Å². The molecular weight excluding hydrogens is 278 g/mol. The van der Waals surface area contributed by atoms with Crippen molar-refractivity contribution in [2.75, 3.05) is 0 Å². The molecule has 0 amide bonds. The van der Waals surface area contributed by atoms with Crippen LogP contribution in [0.15, 0.2) is 67.3 Å². The fraction of sp³-hybridized carbons (Fsp3) is 0.118. The summed E-state index contributed by atoms with van der Waals surface area (Å²) in [4.78, 5) is 16.3. The van der Waals surface area contributed by atoms with Gasteiger partial charge in [0.1, 0.15) is 0 Å². The standard InChI is InChI=1S/C17H15N3O2/c1-20-12-15(11-19-20)17(21)22-16(13-5-3-2-4-6-13)14-7-9-18-10-8-14/h2-12,16H,1H3. The van der Waals surface area contributed by atoms with Crippen LogP contribution in [0.3, 0.4) is 0 Å². The number of hydrogen-bond donors (Lipinski definition) is 0. The molecule has 0 saturated carbocycles. The molecule has 0 aliphatic carbocycles. The zero-order chi connectivity index (χ0) is 15.4. The lowest BCUT2D eigenvalue weighted by Crippen LogP contribution is -2.12. The number of hydrogen-bond acceptors (Lipinski definition) is 4. The lowest BCUT2D eigenvalue weighted by Gasteiger charge is -2.18. The Kier molecular flexibility index (Phi) is 3.96. The van der Waals surface area contributed by atoms with E-state index >= 15 is 0 Å². The van der Waals surface area contributed by atoms with Gasteiger partial charge in [-0.15, -0.1) is 0 Å². The van der Waals surface area contributed by atoms with Crippen LogP contribution >= 0.6 is 0 Å². The van der Waals surface area contributed by atoms with E-state index in [-0.39, 0.29) is 0 Å². The second-order valence-corrected chi connectivity index (χ2v) is 4.88. The molecule has 0 aliphatic rings. The van der Waals surface area contributed by atoms with Crippen LogP contribution in [0.25, 0.3) is 0 Å². The number of esters is 1. The Bertz CT molecular complexity index is 714. The molecule has 3 aromatic rings. The van der Waals surface area contributed by atoms with Gasteiger partial charge in [-0.3, -0.25) is 9.67 Å². The van der Waals surface area contributed by atoms with E-state index in [2.05, 4.69) is 10.1 Å². The number of pyridine rings is 1. The zero-order valence-corrected chi connectivity index (χ0v) is 12.1. The minimum atomic E-state index is -0.475. The third-order valence-electron chi connectivity index (χ3n) is 3.28. The summed E-state index contributed by atoms with van der Waals surface area (Å²) in [6, 6.07) is 13.3. The van der Waals surface area contributed by atoms with Gasteiger partial charge in [0, 0.05) is 31.2 Å². The van der Waals surface area contributed by atoms with Crippen LogP contribution in [-0.2, 0) is 11.8 Å². The Balaban J connectivity index is 1.91. The first kappa shape index (κ1) is 14.0. The van der Waals surface area contributed by atoms with E-state index in [0.29, 0.717) is 5.56 Å². The molecule has 5 nitrogen and oxygen atoms in total. The molecule has 0 bridgehead atoms. The maximum atomic E-state index is 12.3. The van der Waals surface area contributed by atoms with Gasteiger partial charge in [0.2, 0.25) is 0 Å². The maximum Gasteiger partial charge on any atom is 0.342 e. The first-order valence-corrected chi connectivity index (χ1v) is 6.88. The van der Waals surface area contributed by atoms with Crippen LogP contribution in [0, 0.1) is 0 Å². The summed E-state index contributed by atoms with van der Waals surface area (Å²) in [5.41, 5.74) is 2.21. The fourth-order valence-corrected chi connectivity index (χ4v) is 2.20. The highest BCUT2D eigenvalue weighted by molar-refractivity contribution is 5.89. The van der Waals surface area contributed by atoms with Gasteiger partial charge in [0.05, 0.1) is 11.8 Å². The molecule has 5 heteroatoms. The highest BCUT2D eigenvalue weighted by Gasteiger charge is 2.20. The summed E-state index contributed by atoms with van der Waals surface area (Å²) >= 11 is 0. The number of rotatable bonds is 4. The largest absolute Gasteiger partial charge is 0.449 e. The van der Waals surface area contributed by atoms with Crippen LogP contribution in [0.1, 0.15) is 27.6 Å². The molecule has 1 aromatic carbocycles. The highest BCUT2D eigenvalue weighted by atomic mass is 16.5. The van der Waals surface area contributed by atoms with Crippen molar-refractivity contribution >= 4 is 5.97 Å². The number of aryl methyl sites for hydroxylation is 1. The summed E-state index contributed by atoms with van der Waals surface area (Å²) < 4.78 is 7.27. The molecule has 2 heterocycles. The van der Waals surface area contributed by atoms with Crippen molar-refractivity contribution in [3.8, 4) is 0 Å². The van der Waals surface area contributed by atoms with Gasteiger partial charge in [-0.05, 0) is 17.7 Å². The highest BCUT2D eigenvalue weighted by Crippen LogP contribution is 2.26. The summed E-state index contributed by atoms with van der Waals surface area (Å²) in [7, 11) is 1.76. The van der Waals surface area contributed by atoms with E-state index in [1.807, 2.05) is 42.5 Å². The molecule has 0 fully saturated rings. The Hall–Kier alpha value is -2.95. The molecule has 0 aliphatic heterocycles. The first-order valence-electron chi connectivity index (χ1n) is 6.88. The summed E-state index contributed by atoms with van der Waals surface area (Å²) in [6.45, 7) is 0. The van der Waals surface area contributed by atoms with Crippen LogP contribution in [-0.4, -0.2) is 20.7 Å². The second-order valence-electron chi connectivity index (χ2n) is 4.88. The summed E-state index contributed by atoms with van der Waals surface area (Å²) in [5, 5.41) is 4.00. The topological polar surface area (TPSA) is 57.0 Å². The predicted molar refractivity (Wildman–Crippen MR) is 81.1 cm³/mol. The number of aromatic nitrogens is 3. The van der Waals surface area contributed by atoms with Gasteiger partial charge in [-0.25, -0.2) is 4.79 Å². The molecule has 0 saturated heterocycles. The molecule has 0 radical (unpaired) electrons. The normalized spacial score (nSPS) is 11.9. The van der Waals surface area contributed by atoms with Gasteiger partial charge >= 0.3 is 5.97 Å². The predicted octanol–water partition coefficient (Wildman–Crippen LogP) is 2.76. The minimum Gasteiger partial charge on any atom is -0.449 e. The monoisotopic (exact) mass is 293 g/mol. The van der Waals surface area contributed by atoms with Crippen molar-refractivity contribution in [3.05, 3.63) is 83.9 Å². The van der Waals surface area contributed by atoms with Crippen molar-refractivity contribution in [2.24, 2.45) is 7.05 Å². The number of nitrogens with zero attached hydrogens (tertiary/aromatic N) is 3. The zero-order valence-electron chi connectivity index (χ0n) is 12.1. The van der Waals surface area contributed by atoms with Crippen molar-refractivity contribution in [1.29, 1.82) is 0 Å². The van der Waals surface area contributed by atoms with Crippen molar-refractivity contribution in [3.63, 3.8) is 0 Å². The maximum absolute atomic E-state index is 12.3. The van der Waals surface area contributed by atoms with Crippen molar-refractivity contribution < 1.29 is 9.53 Å². The molecule has 1 unspecified atom stereocenters. The summed E-state index contributed by atoms with van der Waals surface area (Å²) in [6.07, 6.45) is 6.03. The van der Waals surface area contributed by atoms with Crippen LogP contribution in [0.2, 0.25) is 0 Å². The van der Waals surface area contributed by atoms with Gasteiger partial charge in [-0.2, -0.15) is 5.10 Å². The van der Waals surface area contributed by atoms with Crippen LogP contribution < -0.4 is 0 Å². The Labute approximate surface area is 128 Å². The van der Waals surface area contributed by atoms with Crippen LogP contribution in [0.5, 0.6) is 0 Å². The minimum absolute atomic E-state index is 0.404. The van der Waals surface area contributed by atoms with E-state index in [1.54, 1.807) is 30.3 Å². The third kappa shape index (κ3) is 3.03. The Morgan fingerprint density at radius 2 is 1.77 bits per heavy atom. The molecule has 110 valence electrons. The number of carbonyl (C=O) groups is 1. The first-order chi connectivity index (χ1) is 10.7. The molecule has 0 spiro atoms. The number of carbonyl (C=O) groups excluding carboxylic acids is 1. The van der Waals surface area contributed by atoms with Gasteiger partial charge in [0.15, 0.2) is 6.10 Å². The molecule has 3 rings (SSSR count). The number of benzene rings is 1. The van der Waals surface area contributed by atoms with E-state index in [4.69, 9.17) is 4.74 Å². The lowest BCUT2D eigenvalue weighted by molar-refractivity contribution is 0.0378. The smallest absolute Gasteiger partial charge is 0.342 e. The second kappa shape index (κ2) is 6.22. The van der Waals surface area contributed by atoms with E-state index in [9.17, 15) is 4.79 Å². The van der Waals surface area contributed by atoms with Gasteiger partial charge in [0.25, 0.3) is 0 Å². The molecule has 1 atom stereocenters. The van der Waals surface area contributed by atoms with Crippen LogP contribution in [0.4, 0.5) is 0 Å². The molecule has 2 aromatic heterocycles. The average Bonchev–Trinajstić information content (AvgIpc) is 3.01. The fourth-order valence-electron chi connectivity index (χ4n) is 2.20. The Morgan fingerprint density at radius 1 is 1.09 bits per heavy atom. The molecule has 22 heavy (non-hydrogen) atoms. The SMILES string of the molecule is Cn1cc(C(=O)OC(c2ccccc2)c2ccncc2)cn1. The number of ether oxygens (including phenoxy) is 1. The van der Waals surface area contributed by atoms with Crippen molar-refractivity contribution in [2.45, 2.75) is 6.10 Å². The van der Waals surface area contributed by atoms with E-state index in [0.717, 1.165) is 11.1 Å². The lowest BCUT2D eigenvalue weighted by atomic mass is 10.0. The average molecular weight is 293 g/mol. The van der Waals surface area contributed by atoms with E-state index < -0.39 is 12.1 Å².